The Morgan fingerprint density at radius 1 is 1.11 bits per heavy atom. The molecule has 0 spiro atoms. The molecule has 0 saturated heterocycles. The van der Waals surface area contributed by atoms with Gasteiger partial charge in [-0.05, 0) is 12.1 Å². The van der Waals surface area contributed by atoms with Gasteiger partial charge in [0.15, 0.2) is 17.9 Å². The first kappa shape index (κ1) is 13.5. The van der Waals surface area contributed by atoms with Crippen molar-refractivity contribution in [3.63, 3.8) is 0 Å². The molecule has 0 radical (unpaired) electrons. The predicted octanol–water partition coefficient (Wildman–Crippen LogP) is 4.41. The Labute approximate surface area is 118 Å². The van der Waals surface area contributed by atoms with E-state index in [1.54, 1.807) is 4.99 Å². The molecule has 0 aliphatic heterocycles. The fraction of sp³-hybridized carbons (Fsp3) is 0. The maximum Gasteiger partial charge on any atom is 0.173 e. The third-order valence-electron chi connectivity index (χ3n) is 2.49. The summed E-state index contributed by atoms with van der Waals surface area (Å²) in [6.45, 7) is 0. The smallest absolute Gasteiger partial charge is 0.173 e. The van der Waals surface area contributed by atoms with Gasteiger partial charge in [0.25, 0.3) is 0 Å². The first-order chi connectivity index (χ1) is 9.26. The van der Waals surface area contributed by atoms with Crippen LogP contribution in [-0.4, -0.2) is 6.29 Å². The number of para-hydroxylation sites is 1. The Kier molecular flexibility index (Phi) is 4.47. The second-order valence-corrected chi connectivity index (χ2v) is 4.18. The van der Waals surface area contributed by atoms with Crippen LogP contribution in [0.25, 0.3) is 5.76 Å². The Bertz CT molecular complexity index is 609. The highest BCUT2D eigenvalue weighted by molar-refractivity contribution is 9.11. The van der Waals surface area contributed by atoms with Gasteiger partial charge in [-0.2, -0.15) is 0 Å². The third-order valence-corrected chi connectivity index (χ3v) is 2.91. The number of rotatable bonds is 4. The SMILES string of the molecule is O=Cc1cccc(F)c1O/C(=C\Br)c1ccccc1. The number of aldehydes is 1. The van der Waals surface area contributed by atoms with Gasteiger partial charge in [0.1, 0.15) is 5.76 Å². The molecule has 2 nitrogen and oxygen atoms in total. The van der Waals surface area contributed by atoms with Gasteiger partial charge in [-0.1, -0.05) is 52.3 Å². The molecule has 0 heterocycles. The second-order valence-electron chi connectivity index (χ2n) is 3.72. The van der Waals surface area contributed by atoms with E-state index in [0.717, 1.165) is 5.56 Å². The van der Waals surface area contributed by atoms with Crippen LogP contribution in [0.2, 0.25) is 0 Å². The summed E-state index contributed by atoms with van der Waals surface area (Å²) in [5.41, 5.74) is 0.947. The van der Waals surface area contributed by atoms with Crippen molar-refractivity contribution >= 4 is 28.0 Å². The lowest BCUT2D eigenvalue weighted by Gasteiger charge is -2.11. The highest BCUT2D eigenvalue weighted by Crippen LogP contribution is 2.27. The van der Waals surface area contributed by atoms with E-state index in [0.29, 0.717) is 12.0 Å². The van der Waals surface area contributed by atoms with Crippen molar-refractivity contribution in [2.75, 3.05) is 0 Å². The van der Waals surface area contributed by atoms with Crippen LogP contribution in [0.4, 0.5) is 4.39 Å². The molecule has 96 valence electrons. The van der Waals surface area contributed by atoms with Gasteiger partial charge in [0, 0.05) is 10.5 Å². The van der Waals surface area contributed by atoms with Crippen LogP contribution in [0.15, 0.2) is 53.5 Å². The Morgan fingerprint density at radius 2 is 1.84 bits per heavy atom. The number of halogens is 2. The van der Waals surface area contributed by atoms with Crippen LogP contribution in [0.3, 0.4) is 0 Å². The topological polar surface area (TPSA) is 26.3 Å². The fourth-order valence-corrected chi connectivity index (χ4v) is 1.94. The number of carbonyl (C=O) groups excluding carboxylic acids is 1. The lowest BCUT2D eigenvalue weighted by Crippen LogP contribution is -1.99. The normalized spacial score (nSPS) is 11.2. The van der Waals surface area contributed by atoms with E-state index in [2.05, 4.69) is 15.9 Å². The summed E-state index contributed by atoms with van der Waals surface area (Å²) in [5.74, 6) is -0.228. The number of hydrogen-bond acceptors (Lipinski definition) is 2. The molecule has 0 fully saturated rings. The molecule has 2 aromatic rings. The lowest BCUT2D eigenvalue weighted by molar-refractivity contribution is 0.112. The number of ether oxygens (including phenoxy) is 1. The zero-order chi connectivity index (χ0) is 13.7. The maximum absolute atomic E-state index is 13.7. The Morgan fingerprint density at radius 3 is 2.47 bits per heavy atom. The van der Waals surface area contributed by atoms with Gasteiger partial charge >= 0.3 is 0 Å². The van der Waals surface area contributed by atoms with Crippen LogP contribution >= 0.6 is 15.9 Å². The van der Waals surface area contributed by atoms with Crippen molar-refractivity contribution in [2.24, 2.45) is 0 Å². The van der Waals surface area contributed by atoms with Gasteiger partial charge in [0.2, 0.25) is 0 Å². The number of carbonyl (C=O) groups is 1. The van der Waals surface area contributed by atoms with Crippen molar-refractivity contribution < 1.29 is 13.9 Å². The Balaban J connectivity index is 2.38. The summed E-state index contributed by atoms with van der Waals surface area (Å²) >= 11 is 3.18. The van der Waals surface area contributed by atoms with Gasteiger partial charge in [0.05, 0.1) is 5.56 Å². The molecule has 0 unspecified atom stereocenters. The van der Waals surface area contributed by atoms with Crippen molar-refractivity contribution in [1.82, 2.24) is 0 Å². The van der Waals surface area contributed by atoms with Crippen molar-refractivity contribution in [3.05, 3.63) is 70.5 Å². The molecule has 0 aliphatic carbocycles. The molecule has 0 aromatic heterocycles. The van der Waals surface area contributed by atoms with Crippen molar-refractivity contribution in [3.8, 4) is 5.75 Å². The van der Waals surface area contributed by atoms with Gasteiger partial charge < -0.3 is 4.74 Å². The fourth-order valence-electron chi connectivity index (χ4n) is 1.58. The van der Waals surface area contributed by atoms with E-state index in [9.17, 15) is 9.18 Å². The van der Waals surface area contributed by atoms with Gasteiger partial charge in [-0.25, -0.2) is 4.39 Å². The van der Waals surface area contributed by atoms with E-state index in [1.807, 2.05) is 30.3 Å². The van der Waals surface area contributed by atoms with Crippen LogP contribution in [-0.2, 0) is 0 Å². The summed E-state index contributed by atoms with van der Waals surface area (Å²) in [4.78, 5) is 12.5. The maximum atomic E-state index is 13.7. The van der Waals surface area contributed by atoms with E-state index < -0.39 is 5.82 Å². The molecule has 0 amide bonds. The molecule has 2 rings (SSSR count). The van der Waals surface area contributed by atoms with Crippen LogP contribution in [0.5, 0.6) is 5.75 Å². The predicted molar refractivity (Wildman–Crippen MR) is 75.8 cm³/mol. The third kappa shape index (κ3) is 3.09. The molecule has 4 heteroatoms. The van der Waals surface area contributed by atoms with Gasteiger partial charge in [-0.3, -0.25) is 4.79 Å². The minimum Gasteiger partial charge on any atom is -0.452 e. The van der Waals surface area contributed by atoms with Crippen LogP contribution < -0.4 is 4.74 Å². The van der Waals surface area contributed by atoms with Crippen LogP contribution in [0.1, 0.15) is 15.9 Å². The van der Waals surface area contributed by atoms with Crippen molar-refractivity contribution in [2.45, 2.75) is 0 Å². The molecule has 0 N–H and O–H groups in total. The Hall–Kier alpha value is -1.94. The molecule has 0 aliphatic rings. The van der Waals surface area contributed by atoms with E-state index in [-0.39, 0.29) is 11.3 Å². The minimum atomic E-state index is -0.576. The molecule has 0 bridgehead atoms. The molecular weight excluding hydrogens is 311 g/mol. The largest absolute Gasteiger partial charge is 0.452 e. The quantitative estimate of drug-likeness (QED) is 0.616. The number of benzene rings is 2. The summed E-state index contributed by atoms with van der Waals surface area (Å²) in [6.07, 6.45) is 0.565. The summed E-state index contributed by atoms with van der Waals surface area (Å²) in [5, 5.41) is 0. The molecule has 0 atom stereocenters. The van der Waals surface area contributed by atoms with E-state index >= 15 is 0 Å². The second kappa shape index (κ2) is 6.29. The molecule has 19 heavy (non-hydrogen) atoms. The average molecular weight is 321 g/mol. The molecular formula is C15H10BrFO2. The highest BCUT2D eigenvalue weighted by Gasteiger charge is 2.12. The van der Waals surface area contributed by atoms with E-state index in [4.69, 9.17) is 4.74 Å². The molecule has 0 saturated carbocycles. The first-order valence-corrected chi connectivity index (χ1v) is 6.45. The molecule has 2 aromatic carbocycles. The lowest BCUT2D eigenvalue weighted by atomic mass is 10.2. The highest BCUT2D eigenvalue weighted by atomic mass is 79.9. The van der Waals surface area contributed by atoms with Gasteiger partial charge in [-0.15, -0.1) is 0 Å². The zero-order valence-electron chi connectivity index (χ0n) is 9.85. The van der Waals surface area contributed by atoms with E-state index in [1.165, 1.54) is 18.2 Å². The summed E-state index contributed by atoms with van der Waals surface area (Å²) < 4.78 is 19.2. The van der Waals surface area contributed by atoms with Crippen molar-refractivity contribution in [1.29, 1.82) is 0 Å². The summed E-state index contributed by atoms with van der Waals surface area (Å²) in [6, 6.07) is 13.4. The minimum absolute atomic E-state index is 0.0768. The number of hydrogen-bond donors (Lipinski definition) is 0. The summed E-state index contributed by atoms with van der Waals surface area (Å²) in [7, 11) is 0. The van der Waals surface area contributed by atoms with Crippen LogP contribution in [0, 0.1) is 5.82 Å². The first-order valence-electron chi connectivity index (χ1n) is 5.53. The zero-order valence-corrected chi connectivity index (χ0v) is 11.4. The average Bonchev–Trinajstić information content (AvgIpc) is 2.46. The monoisotopic (exact) mass is 320 g/mol. The standard InChI is InChI=1S/C15H10BrFO2/c16-9-14(11-5-2-1-3-6-11)19-15-12(10-18)7-4-8-13(15)17/h1-10H/b14-9-.